The van der Waals surface area contributed by atoms with Crippen LogP contribution in [0.5, 0.6) is 0 Å². The molecular weight excluding hydrogens is 276 g/mol. The average Bonchev–Trinajstić information content (AvgIpc) is 3.13. The number of rotatable bonds is 3. The van der Waals surface area contributed by atoms with Crippen LogP contribution >= 0.6 is 11.8 Å². The van der Waals surface area contributed by atoms with Gasteiger partial charge in [-0.2, -0.15) is 0 Å². The normalized spacial score (nSPS) is 37.1. The van der Waals surface area contributed by atoms with E-state index in [1.54, 1.807) is 0 Å². The number of nitrogens with one attached hydrogen (secondary N) is 1. The van der Waals surface area contributed by atoms with Gasteiger partial charge in [0.25, 0.3) is 0 Å². The highest BCUT2D eigenvalue weighted by atomic mass is 32.2. The Kier molecular flexibility index (Phi) is 3.84. The van der Waals surface area contributed by atoms with E-state index in [1.165, 1.54) is 42.3 Å². The quantitative estimate of drug-likeness (QED) is 0.836. The number of carbonyl (C=O) groups is 2. The van der Waals surface area contributed by atoms with Crippen LogP contribution in [0.2, 0.25) is 0 Å². The van der Waals surface area contributed by atoms with Gasteiger partial charge in [0, 0.05) is 11.8 Å². The Morgan fingerprint density at radius 2 is 2.15 bits per heavy atom. The van der Waals surface area contributed by atoms with Gasteiger partial charge in [-0.05, 0) is 43.9 Å². The van der Waals surface area contributed by atoms with Crippen LogP contribution < -0.4 is 5.32 Å². The van der Waals surface area contributed by atoms with Gasteiger partial charge in [0.15, 0.2) is 0 Å². The molecule has 6 heteroatoms. The molecule has 1 aliphatic heterocycles. The molecule has 5 atom stereocenters. The molecule has 5 nitrogen and oxygen atoms in total. The van der Waals surface area contributed by atoms with Crippen LogP contribution in [0.1, 0.15) is 32.6 Å². The van der Waals surface area contributed by atoms with E-state index in [2.05, 4.69) is 12.2 Å². The highest BCUT2D eigenvalue weighted by molar-refractivity contribution is 7.99. The minimum Gasteiger partial charge on any atom is -0.480 e. The summed E-state index contributed by atoms with van der Waals surface area (Å²) in [5.41, 5.74) is 0. The Morgan fingerprint density at radius 1 is 1.35 bits per heavy atom. The van der Waals surface area contributed by atoms with Crippen molar-refractivity contribution in [3.8, 4) is 0 Å². The van der Waals surface area contributed by atoms with E-state index in [1.807, 2.05) is 0 Å². The summed E-state index contributed by atoms with van der Waals surface area (Å²) in [6.07, 6.45) is 5.20. The molecule has 2 N–H and O–H groups in total. The number of nitrogens with zero attached hydrogens (tertiary/aromatic N) is 1. The van der Waals surface area contributed by atoms with E-state index in [4.69, 9.17) is 5.11 Å². The lowest BCUT2D eigenvalue weighted by atomic mass is 9.84. The summed E-state index contributed by atoms with van der Waals surface area (Å²) >= 11 is 1.50. The topological polar surface area (TPSA) is 69.6 Å². The SMILES string of the molecule is CC(NC(=O)N1CSC[C@H]1C(=O)O)C1CC2CCC1C2. The molecule has 0 spiro atoms. The van der Waals surface area contributed by atoms with Gasteiger partial charge in [0.1, 0.15) is 6.04 Å². The van der Waals surface area contributed by atoms with E-state index >= 15 is 0 Å². The zero-order valence-electron chi connectivity index (χ0n) is 11.7. The molecule has 2 amide bonds. The molecule has 20 heavy (non-hydrogen) atoms. The molecule has 112 valence electrons. The smallest absolute Gasteiger partial charge is 0.327 e. The van der Waals surface area contributed by atoms with Gasteiger partial charge in [-0.1, -0.05) is 6.42 Å². The fraction of sp³-hybridized carbons (Fsp3) is 0.857. The molecule has 3 fully saturated rings. The summed E-state index contributed by atoms with van der Waals surface area (Å²) < 4.78 is 0. The number of amides is 2. The van der Waals surface area contributed by atoms with Gasteiger partial charge in [0.05, 0.1) is 5.88 Å². The van der Waals surface area contributed by atoms with Crippen molar-refractivity contribution in [3.63, 3.8) is 0 Å². The lowest BCUT2D eigenvalue weighted by Crippen LogP contribution is -2.51. The average molecular weight is 298 g/mol. The number of hydrogen-bond acceptors (Lipinski definition) is 3. The number of carboxylic acid groups (broad SMARTS) is 1. The van der Waals surface area contributed by atoms with Gasteiger partial charge in [0.2, 0.25) is 0 Å². The van der Waals surface area contributed by atoms with Crippen LogP contribution in [-0.2, 0) is 4.79 Å². The van der Waals surface area contributed by atoms with Crippen LogP contribution in [0.4, 0.5) is 4.79 Å². The van der Waals surface area contributed by atoms with Crippen molar-refractivity contribution < 1.29 is 14.7 Å². The first kappa shape index (κ1) is 14.0. The molecule has 1 saturated heterocycles. The molecule has 0 aromatic heterocycles. The van der Waals surface area contributed by atoms with E-state index in [0.29, 0.717) is 17.5 Å². The highest BCUT2D eigenvalue weighted by Crippen LogP contribution is 2.49. The first-order valence-electron chi connectivity index (χ1n) is 7.44. The number of thioether (sulfide) groups is 1. The molecule has 4 unspecified atom stereocenters. The van der Waals surface area contributed by atoms with E-state index in [-0.39, 0.29) is 12.1 Å². The standard InChI is InChI=1S/C14H22N2O3S/c1-8(11-5-9-2-3-10(11)4-9)15-14(19)16-7-20-6-12(16)13(17)18/h8-12H,2-7H2,1H3,(H,15,19)(H,17,18)/t8?,9?,10?,11?,12-/m0/s1. The van der Waals surface area contributed by atoms with Crippen molar-refractivity contribution in [1.82, 2.24) is 10.2 Å². The van der Waals surface area contributed by atoms with Crippen molar-refractivity contribution in [2.45, 2.75) is 44.7 Å². The molecule has 0 aromatic carbocycles. The minimum absolute atomic E-state index is 0.151. The molecule has 3 rings (SSSR count). The van der Waals surface area contributed by atoms with Gasteiger partial charge in [-0.3, -0.25) is 0 Å². The Labute approximate surface area is 123 Å². The second-order valence-electron chi connectivity index (χ2n) is 6.40. The predicted molar refractivity (Wildman–Crippen MR) is 77.5 cm³/mol. The molecule has 3 aliphatic rings. The maximum absolute atomic E-state index is 12.3. The summed E-state index contributed by atoms with van der Waals surface area (Å²) in [5, 5.41) is 12.2. The van der Waals surface area contributed by atoms with Crippen LogP contribution in [-0.4, -0.2) is 45.7 Å². The van der Waals surface area contributed by atoms with Crippen LogP contribution in [0.3, 0.4) is 0 Å². The van der Waals surface area contributed by atoms with Crippen LogP contribution in [0.15, 0.2) is 0 Å². The lowest BCUT2D eigenvalue weighted by molar-refractivity contribution is -0.140. The van der Waals surface area contributed by atoms with Gasteiger partial charge in [-0.25, -0.2) is 9.59 Å². The minimum atomic E-state index is -0.905. The number of urea groups is 1. The van der Waals surface area contributed by atoms with E-state index < -0.39 is 12.0 Å². The maximum atomic E-state index is 12.3. The summed E-state index contributed by atoms with van der Waals surface area (Å²) in [6.45, 7) is 2.07. The highest BCUT2D eigenvalue weighted by Gasteiger charge is 2.43. The fourth-order valence-corrected chi connectivity index (χ4v) is 5.28. The van der Waals surface area contributed by atoms with Crippen LogP contribution in [0, 0.1) is 17.8 Å². The Bertz CT molecular complexity index is 417. The Morgan fingerprint density at radius 3 is 2.75 bits per heavy atom. The number of hydrogen-bond donors (Lipinski definition) is 2. The summed E-state index contributed by atoms with van der Waals surface area (Å²) in [7, 11) is 0. The molecule has 2 saturated carbocycles. The zero-order valence-corrected chi connectivity index (χ0v) is 12.6. The number of carboxylic acids is 1. The third-order valence-electron chi connectivity index (χ3n) is 5.21. The third kappa shape index (κ3) is 2.50. The molecular formula is C14H22N2O3S. The van der Waals surface area contributed by atoms with E-state index in [9.17, 15) is 9.59 Å². The first-order valence-corrected chi connectivity index (χ1v) is 8.59. The van der Waals surface area contributed by atoms with E-state index in [0.717, 1.165) is 11.8 Å². The first-order chi connectivity index (χ1) is 9.56. The molecule has 0 radical (unpaired) electrons. The summed E-state index contributed by atoms with van der Waals surface area (Å²) in [5.74, 6) is 2.27. The number of aliphatic carboxylic acids is 1. The van der Waals surface area contributed by atoms with Gasteiger partial charge < -0.3 is 15.3 Å². The largest absolute Gasteiger partial charge is 0.480 e. The van der Waals surface area contributed by atoms with Crippen LogP contribution in [0.25, 0.3) is 0 Å². The Balaban J connectivity index is 1.57. The third-order valence-corrected chi connectivity index (χ3v) is 6.23. The molecule has 2 bridgehead atoms. The lowest BCUT2D eigenvalue weighted by Gasteiger charge is -2.30. The second-order valence-corrected chi connectivity index (χ2v) is 7.40. The van der Waals surface area contributed by atoms with Crippen molar-refractivity contribution in [1.29, 1.82) is 0 Å². The number of fused-ring (bicyclic) bond motifs is 2. The monoisotopic (exact) mass is 298 g/mol. The van der Waals surface area contributed by atoms with Crippen molar-refractivity contribution in [3.05, 3.63) is 0 Å². The van der Waals surface area contributed by atoms with Gasteiger partial charge in [-0.15, -0.1) is 11.8 Å². The predicted octanol–water partition coefficient (Wildman–Crippen LogP) is 1.98. The molecule has 2 aliphatic carbocycles. The zero-order chi connectivity index (χ0) is 14.3. The molecule has 1 heterocycles. The van der Waals surface area contributed by atoms with Gasteiger partial charge >= 0.3 is 12.0 Å². The maximum Gasteiger partial charge on any atom is 0.327 e. The molecule has 0 aromatic rings. The van der Waals surface area contributed by atoms with Crippen molar-refractivity contribution in [2.24, 2.45) is 17.8 Å². The summed E-state index contributed by atoms with van der Waals surface area (Å²) in [6, 6.07) is -0.734. The van der Waals surface area contributed by atoms with Crippen molar-refractivity contribution >= 4 is 23.8 Å². The fourth-order valence-electron chi connectivity index (χ4n) is 4.14. The van der Waals surface area contributed by atoms with Crippen molar-refractivity contribution in [2.75, 3.05) is 11.6 Å². The number of carbonyl (C=O) groups excluding carboxylic acids is 1. The Hall–Kier alpha value is -0.910. The summed E-state index contributed by atoms with van der Waals surface area (Å²) in [4.78, 5) is 24.9. The second kappa shape index (κ2) is 5.47.